The molecule has 1 N–H and O–H groups in total. The van der Waals surface area contributed by atoms with E-state index in [4.69, 9.17) is 4.74 Å². The number of carbonyl (C=O) groups excluding carboxylic acids is 2. The van der Waals surface area contributed by atoms with Crippen LogP contribution in [0.3, 0.4) is 0 Å². The van der Waals surface area contributed by atoms with Crippen LogP contribution in [0.5, 0.6) is 5.75 Å². The Morgan fingerprint density at radius 3 is 2.77 bits per heavy atom. The number of fused-ring (bicyclic) bond motifs is 1. The van der Waals surface area contributed by atoms with Gasteiger partial charge in [0.15, 0.2) is 23.0 Å². The van der Waals surface area contributed by atoms with E-state index in [1.807, 2.05) is 23.5 Å². The van der Waals surface area contributed by atoms with Crippen molar-refractivity contribution in [2.45, 2.75) is 19.8 Å². The number of aromatic nitrogens is 3. The summed E-state index contributed by atoms with van der Waals surface area (Å²) < 4.78 is 21.1. The van der Waals surface area contributed by atoms with Crippen molar-refractivity contribution in [2.75, 3.05) is 26.0 Å². The molecule has 2 heterocycles. The molecule has 0 unspecified atom stereocenters. The number of aldehydes is 1. The van der Waals surface area contributed by atoms with Gasteiger partial charge in [-0.2, -0.15) is 0 Å². The van der Waals surface area contributed by atoms with Crippen molar-refractivity contribution < 1.29 is 18.7 Å². The molecular formula is C26H26FN5O3. The molecule has 0 bridgehead atoms. The minimum absolute atomic E-state index is 0.0928. The number of benzene rings is 2. The number of amides is 1. The van der Waals surface area contributed by atoms with Gasteiger partial charge in [0.1, 0.15) is 6.29 Å². The molecule has 1 amide bonds. The lowest BCUT2D eigenvalue weighted by Gasteiger charge is -2.18. The Labute approximate surface area is 202 Å². The van der Waals surface area contributed by atoms with E-state index in [-0.39, 0.29) is 11.7 Å². The molecule has 0 atom stereocenters. The summed E-state index contributed by atoms with van der Waals surface area (Å²) >= 11 is 0. The van der Waals surface area contributed by atoms with E-state index in [1.54, 1.807) is 48.7 Å². The number of carbonyl (C=O) groups is 2. The summed E-state index contributed by atoms with van der Waals surface area (Å²) in [4.78, 5) is 33.8. The van der Waals surface area contributed by atoms with Gasteiger partial charge in [-0.1, -0.05) is 0 Å². The fraction of sp³-hybridized carbons (Fsp3) is 0.231. The highest BCUT2D eigenvalue weighted by Crippen LogP contribution is 2.28. The molecule has 35 heavy (non-hydrogen) atoms. The van der Waals surface area contributed by atoms with Gasteiger partial charge in [0.25, 0.3) is 5.91 Å². The molecule has 0 spiro atoms. The van der Waals surface area contributed by atoms with Crippen LogP contribution in [0.2, 0.25) is 0 Å². The topological polar surface area (TPSA) is 88.8 Å². The van der Waals surface area contributed by atoms with Crippen LogP contribution < -0.4 is 10.1 Å². The fourth-order valence-corrected chi connectivity index (χ4v) is 3.88. The molecular weight excluding hydrogens is 449 g/mol. The summed E-state index contributed by atoms with van der Waals surface area (Å²) in [6.45, 7) is 2.39. The molecule has 0 saturated heterocycles. The number of ether oxygens (including phenoxy) is 1. The maximum atomic E-state index is 14.2. The van der Waals surface area contributed by atoms with E-state index < -0.39 is 5.82 Å². The van der Waals surface area contributed by atoms with Crippen LogP contribution in [-0.4, -0.2) is 52.2 Å². The summed E-state index contributed by atoms with van der Waals surface area (Å²) in [5.41, 5.74) is 4.10. The van der Waals surface area contributed by atoms with E-state index in [2.05, 4.69) is 15.3 Å². The van der Waals surface area contributed by atoms with E-state index in [0.29, 0.717) is 47.7 Å². The van der Waals surface area contributed by atoms with E-state index in [9.17, 15) is 14.0 Å². The summed E-state index contributed by atoms with van der Waals surface area (Å²) in [6.07, 6.45) is 6.99. The second-order valence-electron chi connectivity index (χ2n) is 8.15. The maximum Gasteiger partial charge on any atom is 0.253 e. The number of methoxy groups -OCH3 is 1. The first-order valence-electron chi connectivity index (χ1n) is 11.2. The van der Waals surface area contributed by atoms with E-state index in [1.165, 1.54) is 13.2 Å². The smallest absolute Gasteiger partial charge is 0.253 e. The van der Waals surface area contributed by atoms with Gasteiger partial charge in [-0.05, 0) is 55.3 Å². The standard InChI is InChI=1S/C26H26FN5O3/c1-17-14-19(7-8-20(17)26(34)31(2)11-4-5-13-33)30-24-25-29-16-22(32(25)12-10-28-24)18-6-9-23(35-3)21(27)15-18/h6-10,12-16H,4-5,11H2,1-3H3,(H,28,30). The summed E-state index contributed by atoms with van der Waals surface area (Å²) in [5, 5.41) is 3.27. The van der Waals surface area contributed by atoms with Gasteiger partial charge in [0.2, 0.25) is 0 Å². The highest BCUT2D eigenvalue weighted by Gasteiger charge is 2.16. The first-order chi connectivity index (χ1) is 16.9. The van der Waals surface area contributed by atoms with Gasteiger partial charge in [-0.3, -0.25) is 9.20 Å². The second-order valence-corrected chi connectivity index (χ2v) is 8.15. The molecule has 0 fully saturated rings. The van der Waals surface area contributed by atoms with Crippen LogP contribution in [0.4, 0.5) is 15.9 Å². The number of hydrogen-bond acceptors (Lipinski definition) is 6. The van der Waals surface area contributed by atoms with Gasteiger partial charge in [-0.25, -0.2) is 14.4 Å². The Balaban J connectivity index is 1.57. The molecule has 2 aromatic heterocycles. The van der Waals surface area contributed by atoms with Gasteiger partial charge in [0, 0.05) is 49.2 Å². The minimum atomic E-state index is -0.452. The lowest BCUT2D eigenvalue weighted by Crippen LogP contribution is -2.28. The summed E-state index contributed by atoms with van der Waals surface area (Å²) in [6, 6.07) is 10.2. The lowest BCUT2D eigenvalue weighted by molar-refractivity contribution is -0.108. The van der Waals surface area contributed by atoms with Crippen LogP contribution in [0, 0.1) is 12.7 Å². The van der Waals surface area contributed by atoms with Crippen LogP contribution in [0.1, 0.15) is 28.8 Å². The molecule has 4 aromatic rings. The highest BCUT2D eigenvalue weighted by atomic mass is 19.1. The van der Waals surface area contributed by atoms with E-state index in [0.717, 1.165) is 17.5 Å². The molecule has 0 aliphatic rings. The Kier molecular flexibility index (Phi) is 7.05. The number of nitrogens with one attached hydrogen (secondary N) is 1. The number of nitrogens with zero attached hydrogens (tertiary/aromatic N) is 4. The molecule has 4 rings (SSSR count). The molecule has 180 valence electrons. The molecule has 0 aliphatic heterocycles. The number of aryl methyl sites for hydroxylation is 1. The molecule has 0 radical (unpaired) electrons. The van der Waals surface area contributed by atoms with Crippen molar-refractivity contribution in [2.24, 2.45) is 0 Å². The van der Waals surface area contributed by atoms with Crippen LogP contribution in [-0.2, 0) is 4.79 Å². The quantitative estimate of drug-likeness (QED) is 0.280. The normalized spacial score (nSPS) is 10.9. The van der Waals surface area contributed by atoms with E-state index >= 15 is 0 Å². The zero-order chi connectivity index (χ0) is 24.9. The van der Waals surface area contributed by atoms with Crippen LogP contribution in [0.25, 0.3) is 16.9 Å². The van der Waals surface area contributed by atoms with Crippen molar-refractivity contribution in [3.8, 4) is 17.0 Å². The Hall–Kier alpha value is -4.27. The predicted molar refractivity (Wildman–Crippen MR) is 132 cm³/mol. The SMILES string of the molecule is COc1ccc(-c2cnc3c(Nc4ccc(C(=O)N(C)CCCC=O)c(C)c4)nccn23)cc1F. The highest BCUT2D eigenvalue weighted by molar-refractivity contribution is 5.96. The average molecular weight is 476 g/mol. The molecule has 2 aromatic carbocycles. The van der Waals surface area contributed by atoms with Gasteiger partial charge >= 0.3 is 0 Å². The maximum absolute atomic E-state index is 14.2. The lowest BCUT2D eigenvalue weighted by atomic mass is 10.1. The average Bonchev–Trinajstić information content (AvgIpc) is 3.29. The molecule has 0 aliphatic carbocycles. The number of unbranched alkanes of at least 4 members (excludes halogenated alkanes) is 1. The first kappa shape index (κ1) is 23.9. The van der Waals surface area contributed by atoms with Crippen molar-refractivity contribution in [3.05, 3.63) is 71.9 Å². The Morgan fingerprint density at radius 1 is 1.23 bits per heavy atom. The third kappa shape index (κ3) is 4.98. The fourth-order valence-electron chi connectivity index (χ4n) is 3.88. The Bertz CT molecular complexity index is 1380. The third-order valence-electron chi connectivity index (χ3n) is 5.76. The largest absolute Gasteiger partial charge is 0.494 e. The third-order valence-corrected chi connectivity index (χ3v) is 5.76. The molecule has 8 nitrogen and oxygen atoms in total. The van der Waals surface area contributed by atoms with Gasteiger partial charge < -0.3 is 19.7 Å². The van der Waals surface area contributed by atoms with Gasteiger partial charge in [-0.15, -0.1) is 0 Å². The monoisotopic (exact) mass is 475 g/mol. The van der Waals surface area contributed by atoms with Crippen LogP contribution >= 0.6 is 0 Å². The number of anilines is 2. The number of rotatable bonds is 9. The zero-order valence-electron chi connectivity index (χ0n) is 19.8. The number of hydrogen-bond donors (Lipinski definition) is 1. The summed E-state index contributed by atoms with van der Waals surface area (Å²) in [7, 11) is 3.16. The van der Waals surface area contributed by atoms with Crippen molar-refractivity contribution in [3.63, 3.8) is 0 Å². The van der Waals surface area contributed by atoms with Crippen molar-refractivity contribution >= 4 is 29.3 Å². The minimum Gasteiger partial charge on any atom is -0.494 e. The van der Waals surface area contributed by atoms with Crippen molar-refractivity contribution in [1.29, 1.82) is 0 Å². The molecule has 0 saturated carbocycles. The summed E-state index contributed by atoms with van der Waals surface area (Å²) in [5.74, 6) is 0.157. The Morgan fingerprint density at radius 2 is 2.06 bits per heavy atom. The zero-order valence-corrected chi connectivity index (χ0v) is 19.8. The van der Waals surface area contributed by atoms with Crippen molar-refractivity contribution in [1.82, 2.24) is 19.3 Å². The first-order valence-corrected chi connectivity index (χ1v) is 11.2. The number of imidazole rings is 1. The predicted octanol–water partition coefficient (Wildman–Crippen LogP) is 4.65. The van der Waals surface area contributed by atoms with Crippen LogP contribution in [0.15, 0.2) is 55.0 Å². The van der Waals surface area contributed by atoms with Gasteiger partial charge in [0.05, 0.1) is 19.0 Å². The number of halogens is 1. The molecule has 9 heteroatoms. The second kappa shape index (κ2) is 10.3.